The highest BCUT2D eigenvalue weighted by Crippen LogP contribution is 2.28. The zero-order valence-corrected chi connectivity index (χ0v) is 15.0. The van der Waals surface area contributed by atoms with Crippen LogP contribution in [0.25, 0.3) is 27.8 Å². The van der Waals surface area contributed by atoms with Crippen molar-refractivity contribution in [1.82, 2.24) is 19.6 Å². The predicted octanol–water partition coefficient (Wildman–Crippen LogP) is 3.89. The van der Waals surface area contributed by atoms with Crippen LogP contribution < -0.4 is 0 Å². The molecule has 0 saturated carbocycles. The third-order valence-electron chi connectivity index (χ3n) is 4.60. The minimum Gasteiger partial charge on any atom is -0.292 e. The first-order valence-corrected chi connectivity index (χ1v) is 8.66. The Morgan fingerprint density at radius 3 is 2.63 bits per heavy atom. The van der Waals surface area contributed by atoms with E-state index in [4.69, 9.17) is 5.26 Å². The maximum absolute atomic E-state index is 12.2. The van der Waals surface area contributed by atoms with Crippen LogP contribution >= 0.6 is 0 Å². The first-order chi connectivity index (χ1) is 13.1. The lowest BCUT2D eigenvalue weighted by atomic mass is 10.1. The van der Waals surface area contributed by atoms with Crippen molar-refractivity contribution >= 4 is 16.7 Å². The maximum atomic E-state index is 12.2. The largest absolute Gasteiger partial charge is 0.292 e. The van der Waals surface area contributed by atoms with Crippen LogP contribution in [-0.2, 0) is 7.05 Å². The number of nitrogens with zero attached hydrogens (tertiary/aromatic N) is 5. The molecule has 0 aliphatic carbocycles. The van der Waals surface area contributed by atoms with Gasteiger partial charge in [-0.05, 0) is 42.5 Å². The molecule has 132 valence electrons. The van der Waals surface area contributed by atoms with E-state index >= 15 is 0 Å². The molecular formula is C21H17N5O. The van der Waals surface area contributed by atoms with Gasteiger partial charge in [-0.15, -0.1) is 0 Å². The van der Waals surface area contributed by atoms with Gasteiger partial charge in [0.2, 0.25) is 0 Å². The molecule has 0 aliphatic heterocycles. The van der Waals surface area contributed by atoms with Gasteiger partial charge in [-0.1, -0.05) is 13.0 Å². The fraction of sp³-hybridized carbons (Fsp3) is 0.143. The number of ketones is 1. The van der Waals surface area contributed by atoms with Crippen molar-refractivity contribution in [2.75, 3.05) is 0 Å². The van der Waals surface area contributed by atoms with Gasteiger partial charge >= 0.3 is 0 Å². The number of fused-ring (bicyclic) bond motifs is 1. The van der Waals surface area contributed by atoms with Gasteiger partial charge in [-0.25, -0.2) is 4.68 Å². The Hall–Kier alpha value is -3.72. The monoisotopic (exact) mass is 355 g/mol. The van der Waals surface area contributed by atoms with E-state index in [0.29, 0.717) is 17.7 Å². The molecule has 0 unspecified atom stereocenters. The Morgan fingerprint density at radius 1 is 1.15 bits per heavy atom. The molecule has 0 bridgehead atoms. The van der Waals surface area contributed by atoms with Gasteiger partial charge in [0, 0.05) is 24.4 Å². The molecule has 0 atom stereocenters. The van der Waals surface area contributed by atoms with Crippen molar-refractivity contribution in [3.8, 4) is 23.0 Å². The van der Waals surface area contributed by atoms with E-state index < -0.39 is 0 Å². The van der Waals surface area contributed by atoms with Crippen molar-refractivity contribution in [3.05, 3.63) is 66.0 Å². The number of rotatable bonds is 4. The Morgan fingerprint density at radius 2 is 1.93 bits per heavy atom. The zero-order chi connectivity index (χ0) is 19.0. The SMILES string of the molecule is CCC(=O)c1cc(-c2ccc3c(cnn3C)c2)n(-c2ccc(C#N)cc2)n1. The van der Waals surface area contributed by atoms with Gasteiger partial charge in [-0.2, -0.15) is 15.5 Å². The van der Waals surface area contributed by atoms with E-state index in [1.165, 1.54) is 0 Å². The van der Waals surface area contributed by atoms with Crippen LogP contribution in [0.15, 0.2) is 54.7 Å². The van der Waals surface area contributed by atoms with E-state index in [-0.39, 0.29) is 5.78 Å². The lowest BCUT2D eigenvalue weighted by molar-refractivity contribution is 0.0983. The van der Waals surface area contributed by atoms with Gasteiger partial charge in [0.25, 0.3) is 0 Å². The van der Waals surface area contributed by atoms with Gasteiger partial charge in [-0.3, -0.25) is 9.48 Å². The molecule has 0 radical (unpaired) electrons. The smallest absolute Gasteiger partial charge is 0.182 e. The topological polar surface area (TPSA) is 76.5 Å². The molecule has 6 nitrogen and oxygen atoms in total. The van der Waals surface area contributed by atoms with Crippen LogP contribution in [-0.4, -0.2) is 25.3 Å². The summed E-state index contributed by atoms with van der Waals surface area (Å²) in [5.74, 6) is -0.00824. The summed E-state index contributed by atoms with van der Waals surface area (Å²) in [4.78, 5) is 12.2. The van der Waals surface area contributed by atoms with Crippen LogP contribution in [0.3, 0.4) is 0 Å². The third kappa shape index (κ3) is 2.89. The van der Waals surface area contributed by atoms with Gasteiger partial charge in [0.15, 0.2) is 5.78 Å². The summed E-state index contributed by atoms with van der Waals surface area (Å²) in [6.07, 6.45) is 2.21. The van der Waals surface area contributed by atoms with E-state index in [1.54, 1.807) is 16.8 Å². The molecule has 2 heterocycles. The molecule has 0 aliphatic rings. The average molecular weight is 355 g/mol. The Balaban J connectivity index is 1.89. The second-order valence-corrected chi connectivity index (χ2v) is 6.30. The van der Waals surface area contributed by atoms with Crippen molar-refractivity contribution in [2.45, 2.75) is 13.3 Å². The van der Waals surface area contributed by atoms with Gasteiger partial charge in [0.1, 0.15) is 5.69 Å². The summed E-state index contributed by atoms with van der Waals surface area (Å²) in [6, 6.07) is 17.1. The maximum Gasteiger partial charge on any atom is 0.182 e. The standard InChI is InChI=1S/C21H17N5O/c1-3-21(27)18-11-20(15-6-9-19-16(10-15)13-23-25(19)2)26(24-18)17-7-4-14(12-22)5-8-17/h4-11,13H,3H2,1-2H3. The summed E-state index contributed by atoms with van der Waals surface area (Å²) in [5, 5.41) is 18.9. The van der Waals surface area contributed by atoms with E-state index in [1.807, 2.05) is 61.2 Å². The molecule has 0 amide bonds. The molecule has 4 aromatic rings. The van der Waals surface area contributed by atoms with Crippen LogP contribution in [0.2, 0.25) is 0 Å². The third-order valence-corrected chi connectivity index (χ3v) is 4.60. The molecule has 4 rings (SSSR count). The average Bonchev–Trinajstić information content (AvgIpc) is 3.31. The van der Waals surface area contributed by atoms with Crippen molar-refractivity contribution in [2.24, 2.45) is 7.05 Å². The molecule has 2 aromatic heterocycles. The van der Waals surface area contributed by atoms with Crippen molar-refractivity contribution in [3.63, 3.8) is 0 Å². The number of benzene rings is 2. The summed E-state index contributed by atoms with van der Waals surface area (Å²) >= 11 is 0. The normalized spacial score (nSPS) is 10.9. The summed E-state index contributed by atoms with van der Waals surface area (Å²) < 4.78 is 3.57. The summed E-state index contributed by atoms with van der Waals surface area (Å²) in [5.41, 5.74) is 4.61. The number of hydrogen-bond donors (Lipinski definition) is 0. The fourth-order valence-electron chi connectivity index (χ4n) is 3.10. The molecular weight excluding hydrogens is 338 g/mol. The summed E-state index contributed by atoms with van der Waals surface area (Å²) in [6.45, 7) is 1.82. The van der Waals surface area contributed by atoms with Crippen molar-refractivity contribution in [1.29, 1.82) is 5.26 Å². The van der Waals surface area contributed by atoms with Crippen LogP contribution in [0.1, 0.15) is 29.4 Å². The first-order valence-electron chi connectivity index (χ1n) is 8.66. The summed E-state index contributed by atoms with van der Waals surface area (Å²) in [7, 11) is 1.90. The molecule has 0 spiro atoms. The minimum absolute atomic E-state index is 0.00824. The highest BCUT2D eigenvalue weighted by atomic mass is 16.1. The minimum atomic E-state index is -0.00824. The Labute approximate surface area is 156 Å². The number of Topliss-reactive ketones (excluding diaryl/α,β-unsaturated/α-hetero) is 1. The van der Waals surface area contributed by atoms with E-state index in [0.717, 1.165) is 27.8 Å². The Kier molecular flexibility index (Phi) is 4.05. The van der Waals surface area contributed by atoms with Crippen LogP contribution in [0, 0.1) is 11.3 Å². The quantitative estimate of drug-likeness (QED) is 0.520. The van der Waals surface area contributed by atoms with E-state index in [2.05, 4.69) is 16.3 Å². The van der Waals surface area contributed by atoms with Gasteiger partial charge in [0.05, 0.1) is 34.7 Å². The highest BCUT2D eigenvalue weighted by Gasteiger charge is 2.16. The second-order valence-electron chi connectivity index (χ2n) is 6.30. The fourth-order valence-corrected chi connectivity index (χ4v) is 3.10. The first kappa shape index (κ1) is 16.7. The molecule has 2 aromatic carbocycles. The molecule has 27 heavy (non-hydrogen) atoms. The Bertz CT molecular complexity index is 1190. The second kappa shape index (κ2) is 6.54. The zero-order valence-electron chi connectivity index (χ0n) is 15.0. The number of carbonyl (C=O) groups excluding carboxylic acids is 1. The number of hydrogen-bond acceptors (Lipinski definition) is 4. The number of nitriles is 1. The van der Waals surface area contributed by atoms with Crippen LogP contribution in [0.4, 0.5) is 0 Å². The van der Waals surface area contributed by atoms with Crippen LogP contribution in [0.5, 0.6) is 0 Å². The number of aromatic nitrogens is 4. The lowest BCUT2D eigenvalue weighted by Crippen LogP contribution is -2.02. The molecule has 0 fully saturated rings. The predicted molar refractivity (Wildman–Crippen MR) is 103 cm³/mol. The molecule has 6 heteroatoms. The van der Waals surface area contributed by atoms with Gasteiger partial charge < -0.3 is 0 Å². The molecule has 0 N–H and O–H groups in total. The number of aryl methyl sites for hydroxylation is 1. The number of carbonyl (C=O) groups is 1. The van der Waals surface area contributed by atoms with Crippen molar-refractivity contribution < 1.29 is 4.79 Å². The van der Waals surface area contributed by atoms with E-state index in [9.17, 15) is 4.79 Å². The molecule has 0 saturated heterocycles. The highest BCUT2D eigenvalue weighted by molar-refractivity contribution is 5.95. The lowest BCUT2D eigenvalue weighted by Gasteiger charge is -2.08.